The van der Waals surface area contributed by atoms with Gasteiger partial charge in [-0.15, -0.1) is 0 Å². The molecule has 0 bridgehead atoms. The lowest BCUT2D eigenvalue weighted by Crippen LogP contribution is -2.35. The highest BCUT2D eigenvalue weighted by Crippen LogP contribution is 2.26. The SMILES string of the molecule is C=C(C)C(=O)OC(CC)(CC)CCOC(=O)c1ccccc1C. The van der Waals surface area contributed by atoms with E-state index in [1.54, 1.807) is 19.1 Å². The quantitative estimate of drug-likeness (QED) is 0.532. The molecule has 0 atom stereocenters. The van der Waals surface area contributed by atoms with Crippen LogP contribution in [0.2, 0.25) is 0 Å². The van der Waals surface area contributed by atoms with E-state index >= 15 is 0 Å². The van der Waals surface area contributed by atoms with Crippen LogP contribution < -0.4 is 0 Å². The molecule has 126 valence electrons. The Bertz CT molecular complexity index is 570. The summed E-state index contributed by atoms with van der Waals surface area (Å²) in [5, 5.41) is 0. The van der Waals surface area contributed by atoms with Crippen LogP contribution in [0.25, 0.3) is 0 Å². The number of rotatable bonds is 8. The molecule has 0 heterocycles. The first kappa shape index (κ1) is 18.9. The Kier molecular flexibility index (Phi) is 7.01. The largest absolute Gasteiger partial charge is 0.462 e. The van der Waals surface area contributed by atoms with Gasteiger partial charge in [-0.05, 0) is 38.3 Å². The molecule has 23 heavy (non-hydrogen) atoms. The van der Waals surface area contributed by atoms with Crippen molar-refractivity contribution in [2.75, 3.05) is 6.61 Å². The van der Waals surface area contributed by atoms with Gasteiger partial charge in [0.05, 0.1) is 12.2 Å². The number of hydrogen-bond acceptors (Lipinski definition) is 4. The minimum Gasteiger partial charge on any atom is -0.462 e. The molecule has 0 radical (unpaired) electrons. The van der Waals surface area contributed by atoms with E-state index in [0.717, 1.165) is 5.56 Å². The Balaban J connectivity index is 2.66. The zero-order valence-corrected chi connectivity index (χ0v) is 14.5. The Hall–Kier alpha value is -2.10. The van der Waals surface area contributed by atoms with Crippen LogP contribution in [0.3, 0.4) is 0 Å². The van der Waals surface area contributed by atoms with Crippen LogP contribution in [-0.4, -0.2) is 24.1 Å². The second-order valence-electron chi connectivity index (χ2n) is 5.76. The molecule has 0 fully saturated rings. The summed E-state index contributed by atoms with van der Waals surface area (Å²) in [6.45, 7) is 11.2. The Morgan fingerprint density at radius 3 is 2.30 bits per heavy atom. The van der Waals surface area contributed by atoms with Crippen molar-refractivity contribution in [1.29, 1.82) is 0 Å². The smallest absolute Gasteiger partial charge is 0.338 e. The summed E-state index contributed by atoms with van der Waals surface area (Å²) in [4.78, 5) is 23.9. The van der Waals surface area contributed by atoms with E-state index in [9.17, 15) is 9.59 Å². The van der Waals surface area contributed by atoms with E-state index in [1.165, 1.54) is 0 Å². The molecule has 0 aromatic heterocycles. The molecule has 1 aromatic carbocycles. The first-order chi connectivity index (χ1) is 10.8. The van der Waals surface area contributed by atoms with Crippen LogP contribution in [0.5, 0.6) is 0 Å². The third-order valence-electron chi connectivity index (χ3n) is 4.10. The molecular weight excluding hydrogens is 292 g/mol. The summed E-state index contributed by atoms with van der Waals surface area (Å²) in [7, 11) is 0. The number of ether oxygens (including phenoxy) is 2. The van der Waals surface area contributed by atoms with Gasteiger partial charge in [-0.1, -0.05) is 38.6 Å². The third-order valence-corrected chi connectivity index (χ3v) is 4.10. The van der Waals surface area contributed by atoms with E-state index in [2.05, 4.69) is 6.58 Å². The normalized spacial score (nSPS) is 11.0. The number of aryl methyl sites for hydroxylation is 1. The van der Waals surface area contributed by atoms with Gasteiger partial charge in [0.2, 0.25) is 0 Å². The van der Waals surface area contributed by atoms with Gasteiger partial charge in [0.1, 0.15) is 5.60 Å². The number of carbonyl (C=O) groups excluding carboxylic acids is 2. The summed E-state index contributed by atoms with van der Waals surface area (Å²) in [6.07, 6.45) is 1.78. The van der Waals surface area contributed by atoms with Crippen LogP contribution in [-0.2, 0) is 14.3 Å². The molecule has 4 nitrogen and oxygen atoms in total. The van der Waals surface area contributed by atoms with Crippen molar-refractivity contribution in [2.45, 2.75) is 52.6 Å². The van der Waals surface area contributed by atoms with E-state index in [4.69, 9.17) is 9.47 Å². The average molecular weight is 318 g/mol. The maximum absolute atomic E-state index is 12.1. The molecule has 0 aliphatic carbocycles. The van der Waals surface area contributed by atoms with Crippen molar-refractivity contribution in [3.63, 3.8) is 0 Å². The Morgan fingerprint density at radius 2 is 1.78 bits per heavy atom. The first-order valence-electron chi connectivity index (χ1n) is 7.97. The maximum atomic E-state index is 12.1. The van der Waals surface area contributed by atoms with Gasteiger partial charge in [-0.25, -0.2) is 9.59 Å². The Labute approximate surface area is 138 Å². The highest BCUT2D eigenvalue weighted by Gasteiger charge is 2.31. The van der Waals surface area contributed by atoms with Crippen molar-refractivity contribution < 1.29 is 19.1 Å². The predicted molar refractivity (Wildman–Crippen MR) is 90.3 cm³/mol. The van der Waals surface area contributed by atoms with E-state index < -0.39 is 11.6 Å². The fourth-order valence-corrected chi connectivity index (χ4v) is 2.29. The van der Waals surface area contributed by atoms with Gasteiger partial charge in [-0.2, -0.15) is 0 Å². The van der Waals surface area contributed by atoms with E-state index in [0.29, 0.717) is 30.4 Å². The Morgan fingerprint density at radius 1 is 1.17 bits per heavy atom. The molecule has 0 spiro atoms. The van der Waals surface area contributed by atoms with Crippen LogP contribution >= 0.6 is 0 Å². The van der Waals surface area contributed by atoms with Gasteiger partial charge < -0.3 is 9.47 Å². The fraction of sp³-hybridized carbons (Fsp3) is 0.474. The van der Waals surface area contributed by atoms with Gasteiger partial charge in [0.25, 0.3) is 0 Å². The summed E-state index contributed by atoms with van der Waals surface area (Å²) in [5.74, 6) is -0.755. The molecule has 0 aliphatic heterocycles. The van der Waals surface area contributed by atoms with Crippen LogP contribution in [0.1, 0.15) is 56.0 Å². The van der Waals surface area contributed by atoms with Gasteiger partial charge in [0.15, 0.2) is 0 Å². The lowest BCUT2D eigenvalue weighted by Gasteiger charge is -2.31. The first-order valence-corrected chi connectivity index (χ1v) is 7.97. The third kappa shape index (κ3) is 5.23. The van der Waals surface area contributed by atoms with E-state index in [-0.39, 0.29) is 12.6 Å². The highest BCUT2D eigenvalue weighted by atomic mass is 16.6. The van der Waals surface area contributed by atoms with Crippen LogP contribution in [0.4, 0.5) is 0 Å². The molecule has 0 N–H and O–H groups in total. The zero-order chi connectivity index (χ0) is 17.5. The lowest BCUT2D eigenvalue weighted by atomic mass is 9.93. The zero-order valence-electron chi connectivity index (χ0n) is 14.5. The minimum atomic E-state index is -0.623. The summed E-state index contributed by atoms with van der Waals surface area (Å²) < 4.78 is 10.9. The molecule has 0 aliphatic rings. The van der Waals surface area contributed by atoms with Gasteiger partial charge in [0, 0.05) is 12.0 Å². The fourth-order valence-electron chi connectivity index (χ4n) is 2.29. The number of hydrogen-bond donors (Lipinski definition) is 0. The molecule has 0 saturated carbocycles. The van der Waals surface area contributed by atoms with Crippen molar-refractivity contribution in [3.05, 3.63) is 47.5 Å². The monoisotopic (exact) mass is 318 g/mol. The molecule has 0 unspecified atom stereocenters. The van der Waals surface area contributed by atoms with E-state index in [1.807, 2.05) is 32.9 Å². The molecule has 1 aromatic rings. The summed E-state index contributed by atoms with van der Waals surface area (Å²) >= 11 is 0. The lowest BCUT2D eigenvalue weighted by molar-refractivity contribution is -0.157. The number of carbonyl (C=O) groups is 2. The molecule has 1 rings (SSSR count). The summed E-state index contributed by atoms with van der Waals surface area (Å²) in [5.41, 5.74) is 1.18. The minimum absolute atomic E-state index is 0.207. The highest BCUT2D eigenvalue weighted by molar-refractivity contribution is 5.91. The van der Waals surface area contributed by atoms with Crippen molar-refractivity contribution >= 4 is 11.9 Å². The van der Waals surface area contributed by atoms with Crippen molar-refractivity contribution in [1.82, 2.24) is 0 Å². The second-order valence-corrected chi connectivity index (χ2v) is 5.76. The average Bonchev–Trinajstić information content (AvgIpc) is 2.53. The molecule has 0 saturated heterocycles. The molecular formula is C19H26O4. The van der Waals surface area contributed by atoms with Crippen LogP contribution in [0, 0.1) is 6.92 Å². The number of esters is 2. The van der Waals surface area contributed by atoms with Crippen LogP contribution in [0.15, 0.2) is 36.4 Å². The van der Waals surface area contributed by atoms with Crippen molar-refractivity contribution in [3.8, 4) is 0 Å². The predicted octanol–water partition coefficient (Wildman–Crippen LogP) is 4.22. The standard InChI is InChI=1S/C19H26O4/c1-6-19(7-2,23-17(20)14(3)4)12-13-22-18(21)16-11-9-8-10-15(16)5/h8-11H,3,6-7,12-13H2,1-2,4-5H3. The topological polar surface area (TPSA) is 52.6 Å². The number of benzene rings is 1. The molecule has 0 amide bonds. The van der Waals surface area contributed by atoms with Crippen molar-refractivity contribution in [2.24, 2.45) is 0 Å². The second kappa shape index (κ2) is 8.51. The summed E-state index contributed by atoms with van der Waals surface area (Å²) in [6, 6.07) is 7.29. The van der Waals surface area contributed by atoms with Gasteiger partial charge in [-0.3, -0.25) is 0 Å². The van der Waals surface area contributed by atoms with Gasteiger partial charge >= 0.3 is 11.9 Å². The maximum Gasteiger partial charge on any atom is 0.338 e. The molecule has 4 heteroatoms.